The van der Waals surface area contributed by atoms with Gasteiger partial charge in [-0.2, -0.15) is 0 Å². The van der Waals surface area contributed by atoms with Gasteiger partial charge >= 0.3 is 5.97 Å². The molecule has 0 aliphatic heterocycles. The lowest BCUT2D eigenvalue weighted by Crippen LogP contribution is -2.13. The predicted molar refractivity (Wildman–Crippen MR) is 43.4 cm³/mol. The van der Waals surface area contributed by atoms with Crippen LogP contribution >= 0.6 is 0 Å². The maximum Gasteiger partial charge on any atom is 0.306 e. The molecule has 1 aliphatic carbocycles. The second-order valence-corrected chi connectivity index (χ2v) is 3.01. The van der Waals surface area contributed by atoms with Crippen LogP contribution in [0.25, 0.3) is 0 Å². The smallest absolute Gasteiger partial charge is 0.306 e. The number of aliphatic carboxylic acids is 1. The molecule has 0 amide bonds. The van der Waals surface area contributed by atoms with Gasteiger partial charge in [-0.25, -0.2) is 0 Å². The van der Waals surface area contributed by atoms with E-state index in [4.69, 9.17) is 5.11 Å². The lowest BCUT2D eigenvalue weighted by Gasteiger charge is -2.11. The third kappa shape index (κ3) is 2.74. The van der Waals surface area contributed by atoms with Gasteiger partial charge in [-0.15, -0.1) is 0 Å². The average Bonchev–Trinajstić information content (AvgIpc) is 1.84. The first-order chi connectivity index (χ1) is 5.30. The third-order valence-corrected chi connectivity index (χ3v) is 2.12. The van der Waals surface area contributed by atoms with Crippen molar-refractivity contribution in [2.75, 3.05) is 0 Å². The highest BCUT2D eigenvalue weighted by Crippen LogP contribution is 2.18. The molecule has 11 heavy (non-hydrogen) atoms. The molecule has 1 atom stereocenters. The van der Waals surface area contributed by atoms with Gasteiger partial charge in [-0.1, -0.05) is 12.2 Å². The van der Waals surface area contributed by atoms with Gasteiger partial charge in [-0.05, 0) is 32.1 Å². The van der Waals surface area contributed by atoms with Crippen LogP contribution in [0.2, 0.25) is 0 Å². The first-order valence-corrected chi connectivity index (χ1v) is 4.18. The van der Waals surface area contributed by atoms with Crippen LogP contribution in [-0.4, -0.2) is 11.1 Å². The van der Waals surface area contributed by atoms with Crippen LogP contribution in [-0.2, 0) is 4.79 Å². The Labute approximate surface area is 66.9 Å². The SMILES string of the molecule is O=C(O)C1CC/C=C/CCC1. The normalized spacial score (nSPS) is 28.5. The van der Waals surface area contributed by atoms with Crippen molar-refractivity contribution in [1.29, 1.82) is 0 Å². The molecule has 1 unspecified atom stereocenters. The van der Waals surface area contributed by atoms with Crippen LogP contribution in [0.15, 0.2) is 12.2 Å². The van der Waals surface area contributed by atoms with Crippen LogP contribution in [0, 0.1) is 5.92 Å². The molecular formula is C9H14O2. The van der Waals surface area contributed by atoms with E-state index in [1.807, 2.05) is 0 Å². The van der Waals surface area contributed by atoms with Crippen LogP contribution in [0.4, 0.5) is 0 Å². The molecule has 62 valence electrons. The van der Waals surface area contributed by atoms with Gasteiger partial charge in [0.1, 0.15) is 0 Å². The van der Waals surface area contributed by atoms with Crippen LogP contribution in [0.5, 0.6) is 0 Å². The predicted octanol–water partition coefficient (Wildman–Crippen LogP) is 2.21. The fraction of sp³-hybridized carbons (Fsp3) is 0.667. The van der Waals surface area contributed by atoms with Crippen LogP contribution < -0.4 is 0 Å². The summed E-state index contributed by atoms with van der Waals surface area (Å²) in [4.78, 5) is 10.6. The van der Waals surface area contributed by atoms with Crippen molar-refractivity contribution in [1.82, 2.24) is 0 Å². The van der Waals surface area contributed by atoms with Gasteiger partial charge in [0, 0.05) is 0 Å². The molecule has 0 aromatic heterocycles. The van der Waals surface area contributed by atoms with Crippen molar-refractivity contribution in [3.05, 3.63) is 12.2 Å². The fourth-order valence-corrected chi connectivity index (χ4v) is 1.41. The zero-order chi connectivity index (χ0) is 8.10. The van der Waals surface area contributed by atoms with Gasteiger partial charge in [0.15, 0.2) is 0 Å². The Hall–Kier alpha value is -0.790. The van der Waals surface area contributed by atoms with Crippen LogP contribution in [0.3, 0.4) is 0 Å². The van der Waals surface area contributed by atoms with Crippen molar-refractivity contribution < 1.29 is 9.90 Å². The minimum atomic E-state index is -0.625. The van der Waals surface area contributed by atoms with Crippen LogP contribution in [0.1, 0.15) is 32.1 Å². The second-order valence-electron chi connectivity index (χ2n) is 3.01. The summed E-state index contributed by atoms with van der Waals surface area (Å²) in [5.41, 5.74) is 0. The summed E-state index contributed by atoms with van der Waals surface area (Å²) >= 11 is 0. The first-order valence-electron chi connectivity index (χ1n) is 4.18. The van der Waals surface area contributed by atoms with Gasteiger partial charge in [0.05, 0.1) is 5.92 Å². The molecule has 0 heterocycles. The standard InChI is InChI=1S/C9H14O2/c10-9(11)8-6-4-2-1-3-5-7-8/h1-2,8H,3-7H2,(H,10,11)/b2-1+. The average molecular weight is 154 g/mol. The van der Waals surface area contributed by atoms with E-state index in [0.717, 1.165) is 32.1 Å². The summed E-state index contributed by atoms with van der Waals surface area (Å²) < 4.78 is 0. The molecule has 0 spiro atoms. The van der Waals surface area contributed by atoms with E-state index in [2.05, 4.69) is 12.2 Å². The highest BCUT2D eigenvalue weighted by Gasteiger charge is 2.16. The van der Waals surface area contributed by atoms with Gasteiger partial charge < -0.3 is 5.11 Å². The molecule has 0 saturated carbocycles. The fourth-order valence-electron chi connectivity index (χ4n) is 1.41. The molecule has 0 aromatic rings. The van der Waals surface area contributed by atoms with E-state index in [9.17, 15) is 4.79 Å². The van der Waals surface area contributed by atoms with E-state index in [0.29, 0.717) is 0 Å². The molecule has 2 nitrogen and oxygen atoms in total. The largest absolute Gasteiger partial charge is 0.481 e. The number of allylic oxidation sites excluding steroid dienone is 2. The first kappa shape index (κ1) is 8.31. The van der Waals surface area contributed by atoms with E-state index in [1.54, 1.807) is 0 Å². The summed E-state index contributed by atoms with van der Waals surface area (Å²) in [5, 5.41) is 8.73. The molecule has 1 N–H and O–H groups in total. The molecule has 0 radical (unpaired) electrons. The van der Waals surface area contributed by atoms with Crippen molar-refractivity contribution in [3.8, 4) is 0 Å². The number of carboxylic acid groups (broad SMARTS) is 1. The Bertz CT molecular complexity index is 161. The molecule has 0 fully saturated rings. The number of hydrogen-bond donors (Lipinski definition) is 1. The minimum Gasteiger partial charge on any atom is -0.481 e. The zero-order valence-electron chi connectivity index (χ0n) is 6.62. The van der Waals surface area contributed by atoms with E-state index >= 15 is 0 Å². The molecule has 2 heteroatoms. The topological polar surface area (TPSA) is 37.3 Å². The van der Waals surface area contributed by atoms with Crippen molar-refractivity contribution in [3.63, 3.8) is 0 Å². The van der Waals surface area contributed by atoms with E-state index in [1.165, 1.54) is 0 Å². The molecule has 0 aromatic carbocycles. The number of carbonyl (C=O) groups is 1. The number of rotatable bonds is 1. The molecule has 0 bridgehead atoms. The minimum absolute atomic E-state index is 0.0973. The Morgan fingerprint density at radius 3 is 2.73 bits per heavy atom. The Morgan fingerprint density at radius 2 is 2.00 bits per heavy atom. The van der Waals surface area contributed by atoms with Gasteiger partial charge in [0.25, 0.3) is 0 Å². The summed E-state index contributed by atoms with van der Waals surface area (Å²) in [6, 6.07) is 0. The quantitative estimate of drug-likeness (QED) is 0.588. The summed E-state index contributed by atoms with van der Waals surface area (Å²) in [6.07, 6.45) is 8.90. The summed E-state index contributed by atoms with van der Waals surface area (Å²) in [7, 11) is 0. The lowest BCUT2D eigenvalue weighted by molar-refractivity contribution is -0.142. The molecular weight excluding hydrogens is 140 g/mol. The molecule has 1 rings (SSSR count). The maximum atomic E-state index is 10.6. The molecule has 0 saturated heterocycles. The van der Waals surface area contributed by atoms with E-state index < -0.39 is 5.97 Å². The lowest BCUT2D eigenvalue weighted by atomic mass is 9.94. The zero-order valence-corrected chi connectivity index (χ0v) is 6.62. The van der Waals surface area contributed by atoms with Crippen molar-refractivity contribution >= 4 is 5.97 Å². The second kappa shape index (κ2) is 4.16. The Balaban J connectivity index is 2.42. The monoisotopic (exact) mass is 154 g/mol. The van der Waals surface area contributed by atoms with Crippen molar-refractivity contribution in [2.24, 2.45) is 5.92 Å². The maximum absolute atomic E-state index is 10.6. The summed E-state index contributed by atoms with van der Waals surface area (Å²) in [5.74, 6) is -0.722. The number of hydrogen-bond acceptors (Lipinski definition) is 1. The van der Waals surface area contributed by atoms with Crippen molar-refractivity contribution in [2.45, 2.75) is 32.1 Å². The van der Waals surface area contributed by atoms with Gasteiger partial charge in [-0.3, -0.25) is 4.79 Å². The Morgan fingerprint density at radius 1 is 1.27 bits per heavy atom. The Kier molecular flexibility index (Phi) is 3.14. The third-order valence-electron chi connectivity index (χ3n) is 2.12. The van der Waals surface area contributed by atoms with Gasteiger partial charge in [0.2, 0.25) is 0 Å². The van der Waals surface area contributed by atoms with E-state index in [-0.39, 0.29) is 5.92 Å². The highest BCUT2D eigenvalue weighted by atomic mass is 16.4. The number of carboxylic acids is 1. The molecule has 1 aliphatic rings. The highest BCUT2D eigenvalue weighted by molar-refractivity contribution is 5.69. The summed E-state index contributed by atoms with van der Waals surface area (Å²) in [6.45, 7) is 0.